The predicted molar refractivity (Wildman–Crippen MR) is 137 cm³/mol. The van der Waals surface area contributed by atoms with Crippen LogP contribution in [-0.2, 0) is 6.18 Å². The molecule has 36 heavy (non-hydrogen) atoms. The highest BCUT2D eigenvalue weighted by Crippen LogP contribution is 2.32. The van der Waals surface area contributed by atoms with Crippen LogP contribution in [0.15, 0.2) is 65.1 Å². The number of aromatic nitrogens is 1. The molecule has 0 aliphatic carbocycles. The molecule has 0 amide bonds. The van der Waals surface area contributed by atoms with E-state index in [0.29, 0.717) is 30.4 Å². The maximum atomic E-state index is 13.0. The normalized spacial score (nSPS) is 14.9. The Balaban J connectivity index is 1.11. The molecule has 0 saturated carbocycles. The number of halogens is 3. The summed E-state index contributed by atoms with van der Waals surface area (Å²) >= 11 is 0. The third-order valence-corrected chi connectivity index (χ3v) is 6.50. The van der Waals surface area contributed by atoms with Crippen LogP contribution >= 0.6 is 0 Å². The number of rotatable bonds is 6. The van der Waals surface area contributed by atoms with Gasteiger partial charge in [-0.05, 0) is 67.1 Å². The Bertz CT molecular complexity index is 1340. The molecule has 2 heterocycles. The minimum Gasteiger partial charge on any atom is -0.436 e. The van der Waals surface area contributed by atoms with E-state index in [-0.39, 0.29) is 0 Å². The van der Waals surface area contributed by atoms with Gasteiger partial charge in [-0.2, -0.15) is 13.2 Å². The van der Waals surface area contributed by atoms with Crippen molar-refractivity contribution in [2.75, 3.05) is 55.2 Å². The van der Waals surface area contributed by atoms with E-state index in [1.807, 2.05) is 48.2 Å². The molecule has 9 heteroatoms. The van der Waals surface area contributed by atoms with Crippen LogP contribution in [0.2, 0.25) is 0 Å². The fraction of sp³-hybridized carbons (Fsp3) is 0.296. The first-order valence-corrected chi connectivity index (χ1v) is 11.9. The lowest BCUT2D eigenvalue weighted by molar-refractivity contribution is -0.137. The predicted octanol–water partition coefficient (Wildman–Crippen LogP) is 5.64. The number of fused-ring (bicyclic) bond motifs is 1. The van der Waals surface area contributed by atoms with Crippen molar-refractivity contribution in [2.24, 2.45) is 0 Å². The van der Waals surface area contributed by atoms with Gasteiger partial charge < -0.3 is 20.4 Å². The molecule has 0 atom stereocenters. The van der Waals surface area contributed by atoms with Crippen molar-refractivity contribution < 1.29 is 17.6 Å². The number of benzene rings is 3. The Morgan fingerprint density at radius 2 is 1.75 bits per heavy atom. The zero-order chi connectivity index (χ0) is 25.3. The SMILES string of the molecule is Cc1cc(N)cc2nc(-c3ccc(NCCN4CCN(c5cccc(C(F)(F)F)c5)CC4)cc3)oc12. The van der Waals surface area contributed by atoms with Gasteiger partial charge >= 0.3 is 6.18 Å². The molecule has 1 aromatic heterocycles. The van der Waals surface area contributed by atoms with Crippen LogP contribution < -0.4 is 16.0 Å². The smallest absolute Gasteiger partial charge is 0.416 e. The molecule has 0 radical (unpaired) electrons. The summed E-state index contributed by atoms with van der Waals surface area (Å²) in [4.78, 5) is 8.90. The van der Waals surface area contributed by atoms with Gasteiger partial charge in [-0.1, -0.05) is 6.07 Å². The number of nitrogens with one attached hydrogen (secondary N) is 1. The number of aryl methyl sites for hydroxylation is 1. The monoisotopic (exact) mass is 495 g/mol. The quantitative estimate of drug-likeness (QED) is 0.338. The maximum absolute atomic E-state index is 13.0. The lowest BCUT2D eigenvalue weighted by atomic mass is 10.1. The van der Waals surface area contributed by atoms with Crippen LogP contribution in [0.5, 0.6) is 0 Å². The highest BCUT2D eigenvalue weighted by molar-refractivity contribution is 5.82. The van der Waals surface area contributed by atoms with Gasteiger partial charge in [0.1, 0.15) is 5.52 Å². The number of alkyl halides is 3. The van der Waals surface area contributed by atoms with Gasteiger partial charge in [0, 0.05) is 61.9 Å². The summed E-state index contributed by atoms with van der Waals surface area (Å²) in [5.41, 5.74) is 10.9. The van der Waals surface area contributed by atoms with Gasteiger partial charge in [-0.3, -0.25) is 4.90 Å². The van der Waals surface area contributed by atoms with Gasteiger partial charge in [0.15, 0.2) is 5.58 Å². The molecule has 5 rings (SSSR count). The van der Waals surface area contributed by atoms with Crippen molar-refractivity contribution in [2.45, 2.75) is 13.1 Å². The summed E-state index contributed by atoms with van der Waals surface area (Å²) < 4.78 is 45.0. The minimum absolute atomic E-state index is 0.559. The average molecular weight is 496 g/mol. The zero-order valence-electron chi connectivity index (χ0n) is 20.0. The van der Waals surface area contributed by atoms with E-state index < -0.39 is 11.7 Å². The molecular weight excluding hydrogens is 467 g/mol. The van der Waals surface area contributed by atoms with Crippen molar-refractivity contribution in [1.29, 1.82) is 0 Å². The van der Waals surface area contributed by atoms with Crippen LogP contribution in [0.3, 0.4) is 0 Å². The van der Waals surface area contributed by atoms with Gasteiger partial charge in [0.05, 0.1) is 5.56 Å². The Morgan fingerprint density at radius 1 is 1.00 bits per heavy atom. The van der Waals surface area contributed by atoms with Crippen molar-refractivity contribution >= 4 is 28.2 Å². The second-order valence-electron chi connectivity index (χ2n) is 9.09. The molecule has 6 nitrogen and oxygen atoms in total. The van der Waals surface area contributed by atoms with E-state index >= 15 is 0 Å². The number of nitrogen functional groups attached to an aromatic ring is 1. The number of hydrogen-bond donors (Lipinski definition) is 2. The summed E-state index contributed by atoms with van der Waals surface area (Å²) in [5.74, 6) is 0.559. The first kappa shape index (κ1) is 24.0. The molecule has 1 fully saturated rings. The van der Waals surface area contributed by atoms with Crippen molar-refractivity contribution in [3.05, 3.63) is 71.8 Å². The summed E-state index contributed by atoms with van der Waals surface area (Å²) in [7, 11) is 0. The Labute approximate surface area is 207 Å². The molecule has 1 aliphatic rings. The first-order valence-electron chi connectivity index (χ1n) is 11.9. The second-order valence-corrected chi connectivity index (χ2v) is 9.09. The summed E-state index contributed by atoms with van der Waals surface area (Å²) in [6, 6.07) is 17.2. The molecule has 0 unspecified atom stereocenters. The number of oxazole rings is 1. The third kappa shape index (κ3) is 5.26. The molecule has 0 spiro atoms. The molecule has 3 N–H and O–H groups in total. The molecule has 4 aromatic rings. The van der Waals surface area contributed by atoms with Crippen LogP contribution in [0.25, 0.3) is 22.6 Å². The molecule has 188 valence electrons. The number of nitrogens with two attached hydrogens (primary N) is 1. The van der Waals surface area contributed by atoms with Gasteiger partial charge in [-0.25, -0.2) is 4.98 Å². The maximum Gasteiger partial charge on any atom is 0.416 e. The van der Waals surface area contributed by atoms with Crippen LogP contribution in [-0.4, -0.2) is 49.2 Å². The second kappa shape index (κ2) is 9.73. The summed E-state index contributed by atoms with van der Waals surface area (Å²) in [6.07, 6.45) is -4.32. The van der Waals surface area contributed by atoms with E-state index in [9.17, 15) is 13.2 Å². The van der Waals surface area contributed by atoms with Crippen LogP contribution in [0.4, 0.5) is 30.2 Å². The zero-order valence-corrected chi connectivity index (χ0v) is 20.0. The fourth-order valence-corrected chi connectivity index (χ4v) is 4.55. The number of piperazine rings is 1. The van der Waals surface area contributed by atoms with Gasteiger partial charge in [-0.15, -0.1) is 0 Å². The van der Waals surface area contributed by atoms with Crippen molar-refractivity contribution in [3.8, 4) is 11.5 Å². The van der Waals surface area contributed by atoms with Crippen molar-refractivity contribution in [3.63, 3.8) is 0 Å². The minimum atomic E-state index is -4.32. The topological polar surface area (TPSA) is 70.6 Å². The Kier molecular flexibility index (Phi) is 6.49. The number of hydrogen-bond acceptors (Lipinski definition) is 6. The van der Waals surface area contributed by atoms with Crippen molar-refractivity contribution in [1.82, 2.24) is 9.88 Å². The van der Waals surface area contributed by atoms with E-state index in [1.54, 1.807) is 6.07 Å². The van der Waals surface area contributed by atoms with Gasteiger partial charge in [0.2, 0.25) is 5.89 Å². The molecule has 0 bridgehead atoms. The van der Waals surface area contributed by atoms with E-state index in [2.05, 4.69) is 15.2 Å². The number of nitrogens with zero attached hydrogens (tertiary/aromatic N) is 3. The number of anilines is 3. The molecule has 3 aromatic carbocycles. The largest absolute Gasteiger partial charge is 0.436 e. The van der Waals surface area contributed by atoms with E-state index in [4.69, 9.17) is 10.2 Å². The lowest BCUT2D eigenvalue weighted by Gasteiger charge is -2.36. The molecule has 1 saturated heterocycles. The Morgan fingerprint density at radius 3 is 2.47 bits per heavy atom. The first-order chi connectivity index (χ1) is 17.3. The molecular formula is C27H28F3N5O. The van der Waals surface area contributed by atoms with Crippen LogP contribution in [0, 0.1) is 6.92 Å². The summed E-state index contributed by atoms with van der Waals surface area (Å²) in [5, 5.41) is 3.43. The van der Waals surface area contributed by atoms with Crippen LogP contribution in [0.1, 0.15) is 11.1 Å². The summed E-state index contributed by atoms with van der Waals surface area (Å²) in [6.45, 7) is 6.58. The standard InChI is InChI=1S/C27H28F3N5O/c1-18-15-21(31)17-24-25(18)36-26(33-24)19-5-7-22(8-6-19)32-9-10-34-11-13-35(14-12-34)23-4-2-3-20(16-23)27(28,29)30/h2-8,15-17,32H,9-14,31H2,1H3. The molecule has 1 aliphatic heterocycles. The highest BCUT2D eigenvalue weighted by atomic mass is 19.4. The lowest BCUT2D eigenvalue weighted by Crippen LogP contribution is -2.47. The van der Waals surface area contributed by atoms with Gasteiger partial charge in [0.25, 0.3) is 0 Å². The Hall–Kier alpha value is -3.72. The van der Waals surface area contributed by atoms with E-state index in [1.165, 1.54) is 12.1 Å². The fourth-order valence-electron chi connectivity index (χ4n) is 4.55. The highest BCUT2D eigenvalue weighted by Gasteiger charge is 2.31. The van der Waals surface area contributed by atoms with E-state index in [0.717, 1.165) is 60.2 Å². The third-order valence-electron chi connectivity index (χ3n) is 6.50. The average Bonchev–Trinajstić information content (AvgIpc) is 3.29.